The maximum atomic E-state index is 12.6. The van der Waals surface area contributed by atoms with Crippen molar-refractivity contribution in [3.05, 3.63) is 76.3 Å². The maximum absolute atomic E-state index is 12.6. The Kier molecular flexibility index (Phi) is 8.69. The molecule has 3 aromatic rings. The summed E-state index contributed by atoms with van der Waals surface area (Å²) in [6.45, 7) is 1.27. The van der Waals surface area contributed by atoms with Gasteiger partial charge in [-0.1, -0.05) is 12.1 Å². The van der Waals surface area contributed by atoms with Crippen molar-refractivity contribution in [1.82, 2.24) is 4.90 Å². The van der Waals surface area contributed by atoms with E-state index in [4.69, 9.17) is 18.6 Å². The third-order valence-electron chi connectivity index (χ3n) is 4.83. The molecule has 1 aromatic heterocycles. The van der Waals surface area contributed by atoms with Crippen LogP contribution >= 0.6 is 0 Å². The van der Waals surface area contributed by atoms with E-state index in [0.717, 1.165) is 6.07 Å². The molecular formula is C26H27NO9. The van der Waals surface area contributed by atoms with Crippen molar-refractivity contribution in [3.63, 3.8) is 0 Å². The fourth-order valence-corrected chi connectivity index (χ4v) is 3.21. The number of benzene rings is 2. The molecule has 0 fully saturated rings. The van der Waals surface area contributed by atoms with Crippen LogP contribution in [0.15, 0.2) is 64.0 Å². The van der Waals surface area contributed by atoms with E-state index in [1.54, 1.807) is 32.0 Å². The second kappa shape index (κ2) is 11.9. The number of ketones is 1. The molecule has 1 atom stereocenters. The van der Waals surface area contributed by atoms with Gasteiger partial charge in [-0.3, -0.25) is 9.59 Å². The zero-order valence-electron chi connectivity index (χ0n) is 20.1. The number of allylic oxidation sites excluding steroid dienone is 1. The second-order valence-electron chi connectivity index (χ2n) is 7.89. The van der Waals surface area contributed by atoms with Crippen molar-refractivity contribution in [1.29, 1.82) is 0 Å². The number of hydrogen-bond acceptors (Lipinski definition) is 10. The number of aliphatic hydroxyl groups excluding tert-OH is 1. The maximum Gasteiger partial charge on any atom is 0.374 e. The van der Waals surface area contributed by atoms with Gasteiger partial charge in [0.25, 0.3) is 0 Å². The lowest BCUT2D eigenvalue weighted by Crippen LogP contribution is -2.25. The molecule has 1 heterocycles. The summed E-state index contributed by atoms with van der Waals surface area (Å²) >= 11 is 0. The highest BCUT2D eigenvalue weighted by Gasteiger charge is 2.19. The molecule has 10 nitrogen and oxygen atoms in total. The summed E-state index contributed by atoms with van der Waals surface area (Å²) in [6, 6.07) is 10.0. The van der Waals surface area contributed by atoms with E-state index >= 15 is 0 Å². The van der Waals surface area contributed by atoms with Crippen LogP contribution in [-0.2, 0) is 4.74 Å². The summed E-state index contributed by atoms with van der Waals surface area (Å²) in [7, 11) is 3.50. The first-order chi connectivity index (χ1) is 17.2. The number of carbonyl (C=O) groups excluding carboxylic acids is 2. The summed E-state index contributed by atoms with van der Waals surface area (Å²) in [5.41, 5.74) is -0.412. The largest absolute Gasteiger partial charge is 0.507 e. The van der Waals surface area contributed by atoms with Gasteiger partial charge in [0, 0.05) is 32.4 Å². The molecule has 0 bridgehead atoms. The number of ether oxygens (including phenoxy) is 3. The molecule has 10 heteroatoms. The number of aliphatic hydroxyl groups is 1. The number of hydrogen-bond donors (Lipinski definition) is 2. The van der Waals surface area contributed by atoms with Crippen LogP contribution in [0.25, 0.3) is 11.0 Å². The van der Waals surface area contributed by atoms with Gasteiger partial charge in [0.2, 0.25) is 5.76 Å². The summed E-state index contributed by atoms with van der Waals surface area (Å²) in [5.74, 6) is -1.45. The molecule has 2 aromatic carbocycles. The zero-order valence-corrected chi connectivity index (χ0v) is 20.1. The van der Waals surface area contributed by atoms with Crippen LogP contribution in [0.2, 0.25) is 0 Å². The Hall–Kier alpha value is -4.31. The smallest absolute Gasteiger partial charge is 0.374 e. The molecule has 1 unspecified atom stereocenters. The topological polar surface area (TPSA) is 136 Å². The van der Waals surface area contributed by atoms with Gasteiger partial charge >= 0.3 is 5.97 Å². The zero-order chi connectivity index (χ0) is 26.2. The summed E-state index contributed by atoms with van der Waals surface area (Å²) in [5, 5.41) is 20.6. The Labute approximate surface area is 206 Å². The van der Waals surface area contributed by atoms with E-state index in [2.05, 4.69) is 0 Å². The first-order valence-corrected chi connectivity index (χ1v) is 11.1. The number of phenolic OH excluding ortho intramolecular Hbond substituents is 1. The van der Waals surface area contributed by atoms with E-state index in [1.165, 1.54) is 42.6 Å². The molecule has 0 aliphatic rings. The number of carbonyl (C=O) groups is 2. The van der Waals surface area contributed by atoms with Crippen LogP contribution < -0.4 is 14.9 Å². The van der Waals surface area contributed by atoms with Gasteiger partial charge in [-0.25, -0.2) is 4.79 Å². The summed E-state index contributed by atoms with van der Waals surface area (Å²) in [4.78, 5) is 38.7. The molecule has 2 N–H and O–H groups in total. The number of esters is 1. The molecule has 190 valence electrons. The van der Waals surface area contributed by atoms with Crippen molar-refractivity contribution in [3.8, 4) is 17.2 Å². The van der Waals surface area contributed by atoms with Gasteiger partial charge in [-0.15, -0.1) is 0 Å². The Morgan fingerprint density at radius 3 is 2.44 bits per heavy atom. The van der Waals surface area contributed by atoms with Crippen molar-refractivity contribution in [2.75, 3.05) is 33.9 Å². The van der Waals surface area contributed by atoms with Crippen molar-refractivity contribution >= 4 is 22.7 Å². The molecule has 0 aliphatic carbocycles. The number of aromatic hydroxyl groups is 1. The molecule has 0 saturated carbocycles. The average Bonchev–Trinajstić information content (AvgIpc) is 2.84. The lowest BCUT2D eigenvalue weighted by atomic mass is 10.1. The third kappa shape index (κ3) is 6.42. The Morgan fingerprint density at radius 1 is 1.08 bits per heavy atom. The van der Waals surface area contributed by atoms with E-state index in [-0.39, 0.29) is 59.4 Å². The molecule has 0 radical (unpaired) electrons. The molecule has 3 rings (SSSR count). The first kappa shape index (κ1) is 26.3. The lowest BCUT2D eigenvalue weighted by Gasteiger charge is -2.16. The minimum atomic E-state index is -1.14. The van der Waals surface area contributed by atoms with Crippen LogP contribution in [0, 0.1) is 0 Å². The third-order valence-corrected chi connectivity index (χ3v) is 4.83. The van der Waals surface area contributed by atoms with Crippen molar-refractivity contribution in [2.24, 2.45) is 0 Å². The summed E-state index contributed by atoms with van der Waals surface area (Å²) in [6.07, 6.45) is 1.69. The fourth-order valence-electron chi connectivity index (χ4n) is 3.21. The van der Waals surface area contributed by atoms with Crippen molar-refractivity contribution in [2.45, 2.75) is 13.0 Å². The highest BCUT2D eigenvalue weighted by atomic mass is 16.5. The number of nitrogens with zero attached hydrogens (tertiary/aromatic N) is 1. The summed E-state index contributed by atoms with van der Waals surface area (Å²) < 4.78 is 21.6. The molecule has 0 aliphatic heterocycles. The Morgan fingerprint density at radius 2 is 1.75 bits per heavy atom. The molecule has 0 spiro atoms. The van der Waals surface area contributed by atoms with E-state index in [1.807, 2.05) is 0 Å². The quantitative estimate of drug-likeness (QED) is 0.231. The predicted octanol–water partition coefficient (Wildman–Crippen LogP) is 2.75. The minimum absolute atomic E-state index is 0.0345. The number of rotatable bonds is 11. The predicted molar refractivity (Wildman–Crippen MR) is 131 cm³/mol. The van der Waals surface area contributed by atoms with E-state index < -0.39 is 23.3 Å². The number of phenols is 1. The standard InChI is InChI=1S/C26H27NO9/c1-4-33-26(32)23-13-19(31)25-21(9-6-10-22(25)36-23)35-15-16(28)14-34-20-8-5-7-17(29)24(20)18(30)11-12-27(2)3/h5-13,16,28-29H,4,14-15H2,1-3H3. The normalized spacial score (nSPS) is 11.9. The van der Waals surface area contributed by atoms with Crippen LogP contribution in [0.3, 0.4) is 0 Å². The van der Waals surface area contributed by atoms with Crippen LogP contribution in [0.4, 0.5) is 0 Å². The monoisotopic (exact) mass is 497 g/mol. The SMILES string of the molecule is CCOC(=O)c1cc(=O)c2c(OCC(O)COc3cccc(O)c3C(=O)C=CN(C)C)cccc2o1. The van der Waals surface area contributed by atoms with Gasteiger partial charge in [-0.05, 0) is 31.2 Å². The van der Waals surface area contributed by atoms with Gasteiger partial charge in [0.1, 0.15) is 53.1 Å². The molecule has 0 amide bonds. The molecule has 36 heavy (non-hydrogen) atoms. The molecule has 0 saturated heterocycles. The van der Waals surface area contributed by atoms with Crippen LogP contribution in [0.1, 0.15) is 27.8 Å². The lowest BCUT2D eigenvalue weighted by molar-refractivity contribution is 0.0490. The fraction of sp³-hybridized carbons (Fsp3) is 0.269. The minimum Gasteiger partial charge on any atom is -0.507 e. The van der Waals surface area contributed by atoms with Crippen molar-refractivity contribution < 1.29 is 38.4 Å². The van der Waals surface area contributed by atoms with E-state index in [0.29, 0.717) is 0 Å². The van der Waals surface area contributed by atoms with Gasteiger partial charge in [-0.2, -0.15) is 0 Å². The van der Waals surface area contributed by atoms with Crippen LogP contribution in [0.5, 0.6) is 17.2 Å². The van der Waals surface area contributed by atoms with Gasteiger partial charge < -0.3 is 33.7 Å². The van der Waals surface area contributed by atoms with Gasteiger partial charge in [0.15, 0.2) is 11.2 Å². The number of fused-ring (bicyclic) bond motifs is 1. The Bertz CT molecular complexity index is 1330. The first-order valence-electron chi connectivity index (χ1n) is 11.1. The van der Waals surface area contributed by atoms with Gasteiger partial charge in [0.05, 0.1) is 6.61 Å². The Balaban J connectivity index is 1.70. The highest BCUT2D eigenvalue weighted by molar-refractivity contribution is 6.08. The second-order valence-corrected chi connectivity index (χ2v) is 7.89. The average molecular weight is 498 g/mol. The highest BCUT2D eigenvalue weighted by Crippen LogP contribution is 2.29. The van der Waals surface area contributed by atoms with Crippen LogP contribution in [-0.4, -0.2) is 66.9 Å². The molecular weight excluding hydrogens is 470 g/mol. The van der Waals surface area contributed by atoms with E-state index in [9.17, 15) is 24.6 Å².